The zero-order valence-electron chi connectivity index (χ0n) is 7.99. The molecule has 0 radical (unpaired) electrons. The number of β-amino-alcohol motifs (C(OH)–C–C–N with tert-alkyl or cyclic N) is 1. The molecule has 0 amide bonds. The van der Waals surface area contributed by atoms with Crippen LogP contribution in [0.4, 0.5) is 0 Å². The molecule has 1 fully saturated rings. The van der Waals surface area contributed by atoms with E-state index in [-0.39, 0.29) is 12.8 Å². The summed E-state index contributed by atoms with van der Waals surface area (Å²) in [4.78, 5) is 2.22. The fourth-order valence-electron chi connectivity index (χ4n) is 1.71. The predicted molar refractivity (Wildman–Crippen MR) is 47.9 cm³/mol. The minimum Gasteiger partial charge on any atom is -0.395 e. The summed E-state index contributed by atoms with van der Waals surface area (Å²) >= 11 is 0. The van der Waals surface area contributed by atoms with Gasteiger partial charge in [-0.15, -0.1) is 0 Å². The normalized spacial score (nSPS) is 31.2. The standard InChI is InChI=1S/C9H19NO2/c1-3-4-9-10(5-6-11)7-8(2)12-9/h8-9,11H,3-7H2,1-2H3. The third kappa shape index (κ3) is 2.44. The maximum absolute atomic E-state index is 8.80. The van der Waals surface area contributed by atoms with Crippen molar-refractivity contribution in [2.75, 3.05) is 19.7 Å². The molecule has 12 heavy (non-hydrogen) atoms. The first kappa shape index (κ1) is 9.96. The van der Waals surface area contributed by atoms with Crippen LogP contribution in [0.2, 0.25) is 0 Å². The van der Waals surface area contributed by atoms with Crippen molar-refractivity contribution in [2.24, 2.45) is 0 Å². The second kappa shape index (κ2) is 4.80. The van der Waals surface area contributed by atoms with Gasteiger partial charge in [0.1, 0.15) is 6.23 Å². The quantitative estimate of drug-likeness (QED) is 0.683. The molecule has 1 aliphatic rings. The van der Waals surface area contributed by atoms with Gasteiger partial charge >= 0.3 is 0 Å². The van der Waals surface area contributed by atoms with Gasteiger partial charge in [-0.05, 0) is 13.3 Å². The topological polar surface area (TPSA) is 32.7 Å². The number of rotatable bonds is 4. The van der Waals surface area contributed by atoms with Crippen LogP contribution in [0.1, 0.15) is 26.7 Å². The van der Waals surface area contributed by atoms with Gasteiger partial charge in [0, 0.05) is 13.1 Å². The van der Waals surface area contributed by atoms with Crippen molar-refractivity contribution >= 4 is 0 Å². The molecule has 72 valence electrons. The van der Waals surface area contributed by atoms with Crippen molar-refractivity contribution in [1.29, 1.82) is 0 Å². The highest BCUT2D eigenvalue weighted by Crippen LogP contribution is 2.18. The monoisotopic (exact) mass is 173 g/mol. The Morgan fingerprint density at radius 2 is 2.33 bits per heavy atom. The van der Waals surface area contributed by atoms with E-state index in [1.165, 1.54) is 0 Å². The second-order valence-electron chi connectivity index (χ2n) is 3.41. The third-order valence-corrected chi connectivity index (χ3v) is 2.21. The Morgan fingerprint density at radius 3 is 2.92 bits per heavy atom. The Bertz CT molecular complexity index is 116. The molecule has 0 saturated carbocycles. The fourth-order valence-corrected chi connectivity index (χ4v) is 1.71. The van der Waals surface area contributed by atoms with Gasteiger partial charge in [0.15, 0.2) is 0 Å². The van der Waals surface area contributed by atoms with Crippen LogP contribution in [0.5, 0.6) is 0 Å². The minimum atomic E-state index is 0.232. The summed E-state index contributed by atoms with van der Waals surface area (Å²) in [5.41, 5.74) is 0. The lowest BCUT2D eigenvalue weighted by molar-refractivity contribution is -0.00418. The van der Waals surface area contributed by atoms with E-state index in [9.17, 15) is 0 Å². The molecule has 0 spiro atoms. The molecule has 3 heteroatoms. The average Bonchev–Trinajstić information content (AvgIpc) is 2.33. The predicted octanol–water partition coefficient (Wildman–Crippen LogP) is 0.826. The fraction of sp³-hybridized carbons (Fsp3) is 1.00. The zero-order valence-corrected chi connectivity index (χ0v) is 7.99. The van der Waals surface area contributed by atoms with E-state index in [0.29, 0.717) is 6.10 Å². The first-order valence-corrected chi connectivity index (χ1v) is 4.78. The molecule has 0 bridgehead atoms. The number of nitrogens with zero attached hydrogens (tertiary/aromatic N) is 1. The van der Waals surface area contributed by atoms with Gasteiger partial charge in [-0.3, -0.25) is 4.90 Å². The van der Waals surface area contributed by atoms with E-state index < -0.39 is 0 Å². The Hall–Kier alpha value is -0.120. The van der Waals surface area contributed by atoms with Crippen molar-refractivity contribution in [1.82, 2.24) is 4.90 Å². The highest BCUT2D eigenvalue weighted by molar-refractivity contribution is 4.74. The van der Waals surface area contributed by atoms with E-state index in [4.69, 9.17) is 9.84 Å². The molecule has 1 N–H and O–H groups in total. The van der Waals surface area contributed by atoms with Gasteiger partial charge in [0.05, 0.1) is 12.7 Å². The molecular formula is C9H19NO2. The Kier molecular flexibility index (Phi) is 3.98. The van der Waals surface area contributed by atoms with E-state index in [1.807, 2.05) is 0 Å². The lowest BCUT2D eigenvalue weighted by Crippen LogP contribution is -2.32. The van der Waals surface area contributed by atoms with Crippen LogP contribution in [0.3, 0.4) is 0 Å². The van der Waals surface area contributed by atoms with Gasteiger partial charge in [0.25, 0.3) is 0 Å². The minimum absolute atomic E-state index is 0.232. The van der Waals surface area contributed by atoms with Crippen LogP contribution in [-0.2, 0) is 4.74 Å². The molecule has 0 aromatic carbocycles. The maximum Gasteiger partial charge on any atom is 0.111 e. The number of hydrogen-bond donors (Lipinski definition) is 1. The second-order valence-corrected chi connectivity index (χ2v) is 3.41. The van der Waals surface area contributed by atoms with E-state index in [2.05, 4.69) is 18.7 Å². The first-order chi connectivity index (χ1) is 5.77. The van der Waals surface area contributed by atoms with Crippen molar-refractivity contribution in [3.63, 3.8) is 0 Å². The smallest absolute Gasteiger partial charge is 0.111 e. The van der Waals surface area contributed by atoms with Crippen molar-refractivity contribution in [3.05, 3.63) is 0 Å². The van der Waals surface area contributed by atoms with Crippen molar-refractivity contribution in [2.45, 2.75) is 39.0 Å². The summed E-state index contributed by atoms with van der Waals surface area (Å²) in [6.45, 7) is 6.18. The highest BCUT2D eigenvalue weighted by atomic mass is 16.5. The van der Waals surface area contributed by atoms with Gasteiger partial charge in [-0.25, -0.2) is 0 Å². The molecule has 2 atom stereocenters. The van der Waals surface area contributed by atoms with Gasteiger partial charge in [0.2, 0.25) is 0 Å². The summed E-state index contributed by atoms with van der Waals surface area (Å²) in [6, 6.07) is 0. The number of aliphatic hydroxyl groups excluding tert-OH is 1. The van der Waals surface area contributed by atoms with Gasteiger partial charge in [-0.1, -0.05) is 13.3 Å². The number of ether oxygens (including phenoxy) is 1. The van der Waals surface area contributed by atoms with Crippen LogP contribution in [0.25, 0.3) is 0 Å². The van der Waals surface area contributed by atoms with Crippen LogP contribution < -0.4 is 0 Å². The molecule has 1 heterocycles. The molecule has 1 saturated heterocycles. The lowest BCUT2D eigenvalue weighted by atomic mass is 10.3. The zero-order chi connectivity index (χ0) is 8.97. The Balaban J connectivity index is 2.36. The number of hydrogen-bond acceptors (Lipinski definition) is 3. The summed E-state index contributed by atoms with van der Waals surface area (Å²) in [7, 11) is 0. The number of aliphatic hydroxyl groups is 1. The summed E-state index contributed by atoms with van der Waals surface area (Å²) in [5.74, 6) is 0. The maximum atomic E-state index is 8.80. The molecule has 1 rings (SSSR count). The Morgan fingerprint density at radius 1 is 1.58 bits per heavy atom. The first-order valence-electron chi connectivity index (χ1n) is 4.78. The Labute approximate surface area is 74.3 Å². The van der Waals surface area contributed by atoms with Crippen LogP contribution in [0.15, 0.2) is 0 Å². The summed E-state index contributed by atoms with van der Waals surface area (Å²) < 4.78 is 5.68. The van der Waals surface area contributed by atoms with E-state index in [0.717, 1.165) is 25.9 Å². The summed E-state index contributed by atoms with van der Waals surface area (Å²) in [6.07, 6.45) is 2.79. The van der Waals surface area contributed by atoms with E-state index in [1.54, 1.807) is 0 Å². The third-order valence-electron chi connectivity index (χ3n) is 2.21. The van der Waals surface area contributed by atoms with Crippen molar-refractivity contribution in [3.8, 4) is 0 Å². The van der Waals surface area contributed by atoms with Crippen molar-refractivity contribution < 1.29 is 9.84 Å². The molecule has 0 aliphatic carbocycles. The molecular weight excluding hydrogens is 154 g/mol. The highest BCUT2D eigenvalue weighted by Gasteiger charge is 2.28. The van der Waals surface area contributed by atoms with E-state index >= 15 is 0 Å². The summed E-state index contributed by atoms with van der Waals surface area (Å²) in [5, 5.41) is 8.80. The molecule has 2 unspecified atom stereocenters. The van der Waals surface area contributed by atoms with Crippen LogP contribution in [-0.4, -0.2) is 42.0 Å². The van der Waals surface area contributed by atoms with Crippen LogP contribution in [0, 0.1) is 0 Å². The lowest BCUT2D eigenvalue weighted by Gasteiger charge is -2.20. The van der Waals surface area contributed by atoms with Crippen LogP contribution >= 0.6 is 0 Å². The molecule has 1 aliphatic heterocycles. The van der Waals surface area contributed by atoms with Gasteiger partial charge in [-0.2, -0.15) is 0 Å². The van der Waals surface area contributed by atoms with Gasteiger partial charge < -0.3 is 9.84 Å². The SMILES string of the molecule is CCCC1OC(C)CN1CCO. The molecule has 0 aromatic rings. The molecule has 3 nitrogen and oxygen atoms in total. The average molecular weight is 173 g/mol. The molecule has 0 aromatic heterocycles. The largest absolute Gasteiger partial charge is 0.395 e.